The van der Waals surface area contributed by atoms with E-state index in [0.717, 1.165) is 16.9 Å². The zero-order valence-corrected chi connectivity index (χ0v) is 9.86. The Balaban J connectivity index is 2.26. The molecule has 1 aromatic carbocycles. The third-order valence-electron chi connectivity index (χ3n) is 3.15. The lowest BCUT2D eigenvalue weighted by atomic mass is 10.0. The molecule has 2 aromatic rings. The molecular weight excluding hydrogens is 232 g/mol. The number of benzene rings is 1. The van der Waals surface area contributed by atoms with Gasteiger partial charge in [0.15, 0.2) is 0 Å². The molecule has 0 amide bonds. The molecule has 5 nitrogen and oxygen atoms in total. The first-order valence-electron chi connectivity index (χ1n) is 5.72. The maximum absolute atomic E-state index is 11.1. The van der Waals surface area contributed by atoms with Crippen molar-refractivity contribution in [2.75, 3.05) is 6.61 Å². The van der Waals surface area contributed by atoms with Crippen molar-refractivity contribution in [3.8, 4) is 17.0 Å². The predicted molar refractivity (Wildman–Crippen MR) is 64.9 cm³/mol. The fraction of sp³-hybridized carbons (Fsp3) is 0.231. The molecule has 0 atom stereocenters. The molecule has 0 spiro atoms. The van der Waals surface area contributed by atoms with Crippen LogP contribution in [0.15, 0.2) is 18.2 Å². The number of aromatic amines is 1. The number of carboxylic acid groups (broad SMARTS) is 1. The summed E-state index contributed by atoms with van der Waals surface area (Å²) < 4.78 is 5.71. The fourth-order valence-electron chi connectivity index (χ4n) is 2.29. The Kier molecular flexibility index (Phi) is 2.33. The highest BCUT2D eigenvalue weighted by Gasteiger charge is 2.24. The van der Waals surface area contributed by atoms with Gasteiger partial charge in [-0.3, -0.25) is 5.10 Å². The number of aromatic nitrogens is 2. The number of H-pyrrole nitrogens is 1. The third kappa shape index (κ3) is 1.48. The Morgan fingerprint density at radius 1 is 1.50 bits per heavy atom. The zero-order chi connectivity index (χ0) is 12.7. The fourth-order valence-corrected chi connectivity index (χ4v) is 2.29. The number of aromatic carboxylic acids is 1. The number of aryl methyl sites for hydroxylation is 1. The molecule has 0 radical (unpaired) electrons. The van der Waals surface area contributed by atoms with Gasteiger partial charge in [-0.15, -0.1) is 0 Å². The van der Waals surface area contributed by atoms with E-state index >= 15 is 0 Å². The molecule has 0 saturated heterocycles. The van der Waals surface area contributed by atoms with Gasteiger partial charge in [0, 0.05) is 17.5 Å². The number of nitrogens with zero attached hydrogens (tertiary/aromatic N) is 1. The molecule has 3 rings (SSSR count). The smallest absolute Gasteiger partial charge is 0.354 e. The lowest BCUT2D eigenvalue weighted by molar-refractivity contribution is 0.0689. The second-order valence-corrected chi connectivity index (χ2v) is 4.28. The minimum atomic E-state index is -0.986. The van der Waals surface area contributed by atoms with Gasteiger partial charge in [0.2, 0.25) is 0 Å². The van der Waals surface area contributed by atoms with Crippen molar-refractivity contribution in [1.29, 1.82) is 0 Å². The molecular formula is C13H12N2O3. The summed E-state index contributed by atoms with van der Waals surface area (Å²) in [6, 6.07) is 5.79. The van der Waals surface area contributed by atoms with Crippen molar-refractivity contribution >= 4 is 5.97 Å². The van der Waals surface area contributed by atoms with E-state index in [9.17, 15) is 4.79 Å². The van der Waals surface area contributed by atoms with E-state index in [1.54, 1.807) is 0 Å². The summed E-state index contributed by atoms with van der Waals surface area (Å²) in [5.41, 5.74) is 3.44. The van der Waals surface area contributed by atoms with Crippen LogP contribution in [0.25, 0.3) is 11.3 Å². The summed E-state index contributed by atoms with van der Waals surface area (Å²) in [6.07, 6.45) is 0.543. The molecule has 1 aliphatic rings. The number of hydrogen-bond donors (Lipinski definition) is 2. The van der Waals surface area contributed by atoms with Crippen molar-refractivity contribution < 1.29 is 14.6 Å². The number of hydrogen-bond acceptors (Lipinski definition) is 3. The summed E-state index contributed by atoms with van der Waals surface area (Å²) in [5.74, 6) is -0.195. The maximum atomic E-state index is 11.1. The Labute approximate surface area is 103 Å². The van der Waals surface area contributed by atoms with E-state index in [4.69, 9.17) is 9.84 Å². The Morgan fingerprint density at radius 3 is 3.11 bits per heavy atom. The quantitative estimate of drug-likeness (QED) is 0.804. The summed E-state index contributed by atoms with van der Waals surface area (Å²) >= 11 is 0. The highest BCUT2D eigenvalue weighted by atomic mass is 16.5. The second kappa shape index (κ2) is 3.87. The van der Waals surface area contributed by atoms with Crippen LogP contribution in [0.1, 0.15) is 21.6 Å². The second-order valence-electron chi connectivity index (χ2n) is 4.28. The molecule has 1 aliphatic heterocycles. The molecule has 2 N–H and O–H groups in total. The minimum absolute atomic E-state index is 0.156. The van der Waals surface area contributed by atoms with Gasteiger partial charge in [-0.05, 0) is 18.6 Å². The number of rotatable bonds is 1. The highest BCUT2D eigenvalue weighted by Crippen LogP contribution is 2.37. The van der Waals surface area contributed by atoms with Crippen LogP contribution in [-0.4, -0.2) is 27.9 Å². The van der Waals surface area contributed by atoms with Gasteiger partial charge in [0.1, 0.15) is 11.4 Å². The first kappa shape index (κ1) is 10.8. The van der Waals surface area contributed by atoms with E-state index < -0.39 is 5.97 Å². The number of ether oxygens (including phenoxy) is 1. The first-order chi connectivity index (χ1) is 8.68. The predicted octanol–water partition coefficient (Wildman–Crippen LogP) is 2.02. The number of carbonyl (C=O) groups is 1. The summed E-state index contributed by atoms with van der Waals surface area (Å²) in [6.45, 7) is 2.43. The van der Waals surface area contributed by atoms with Crippen molar-refractivity contribution in [3.05, 3.63) is 35.0 Å². The van der Waals surface area contributed by atoms with Crippen LogP contribution in [0.4, 0.5) is 0 Å². The Morgan fingerprint density at radius 2 is 2.33 bits per heavy atom. The van der Waals surface area contributed by atoms with Gasteiger partial charge in [-0.1, -0.05) is 12.1 Å². The number of carboxylic acids is 1. The van der Waals surface area contributed by atoms with Crippen molar-refractivity contribution in [3.63, 3.8) is 0 Å². The molecule has 0 bridgehead atoms. The molecule has 0 unspecified atom stereocenters. The summed E-state index contributed by atoms with van der Waals surface area (Å²) in [7, 11) is 0. The van der Waals surface area contributed by atoms with E-state index in [1.807, 2.05) is 25.1 Å². The minimum Gasteiger partial charge on any atom is -0.492 e. The normalized spacial score (nSPS) is 13.2. The van der Waals surface area contributed by atoms with Crippen LogP contribution < -0.4 is 4.74 Å². The highest BCUT2D eigenvalue weighted by molar-refractivity contribution is 5.90. The van der Waals surface area contributed by atoms with E-state index in [2.05, 4.69) is 10.2 Å². The van der Waals surface area contributed by atoms with Crippen LogP contribution in [0.2, 0.25) is 0 Å². The van der Waals surface area contributed by atoms with Gasteiger partial charge >= 0.3 is 5.97 Å². The van der Waals surface area contributed by atoms with E-state index in [0.29, 0.717) is 24.3 Å². The standard InChI is InChI=1S/C13H12N2O3/c1-7-3-2-4-9-10-8(5-6-18-12(7)9)11(13(16)17)15-14-10/h2-4H,5-6H2,1H3,(H,14,15)(H,16,17). The molecule has 5 heteroatoms. The summed E-state index contributed by atoms with van der Waals surface area (Å²) in [5, 5.41) is 15.8. The maximum Gasteiger partial charge on any atom is 0.354 e. The number of para-hydroxylation sites is 1. The molecule has 0 aliphatic carbocycles. The molecule has 2 heterocycles. The van der Waals surface area contributed by atoms with Gasteiger partial charge in [0.05, 0.1) is 12.3 Å². The zero-order valence-electron chi connectivity index (χ0n) is 9.86. The lowest BCUT2D eigenvalue weighted by Gasteiger charge is -2.09. The van der Waals surface area contributed by atoms with Gasteiger partial charge in [-0.2, -0.15) is 5.10 Å². The van der Waals surface area contributed by atoms with Gasteiger partial charge < -0.3 is 9.84 Å². The summed E-state index contributed by atoms with van der Waals surface area (Å²) in [4.78, 5) is 11.1. The largest absolute Gasteiger partial charge is 0.492 e. The van der Waals surface area contributed by atoms with E-state index in [-0.39, 0.29) is 5.69 Å². The number of nitrogens with one attached hydrogen (secondary N) is 1. The van der Waals surface area contributed by atoms with Crippen molar-refractivity contribution in [1.82, 2.24) is 10.2 Å². The molecule has 0 fully saturated rings. The van der Waals surface area contributed by atoms with Crippen LogP contribution in [0.5, 0.6) is 5.75 Å². The lowest BCUT2D eigenvalue weighted by Crippen LogP contribution is -2.05. The third-order valence-corrected chi connectivity index (χ3v) is 3.15. The molecule has 0 saturated carbocycles. The average molecular weight is 244 g/mol. The van der Waals surface area contributed by atoms with Gasteiger partial charge in [0.25, 0.3) is 0 Å². The Hall–Kier alpha value is -2.30. The SMILES string of the molecule is Cc1cccc2c1OCCc1c-2n[nH]c1C(=O)O. The number of fused-ring (bicyclic) bond motifs is 3. The monoisotopic (exact) mass is 244 g/mol. The van der Waals surface area contributed by atoms with Crippen molar-refractivity contribution in [2.45, 2.75) is 13.3 Å². The van der Waals surface area contributed by atoms with Crippen molar-refractivity contribution in [2.24, 2.45) is 0 Å². The van der Waals surface area contributed by atoms with Crippen LogP contribution in [0.3, 0.4) is 0 Å². The average Bonchev–Trinajstić information content (AvgIpc) is 2.67. The van der Waals surface area contributed by atoms with E-state index in [1.165, 1.54) is 0 Å². The van der Waals surface area contributed by atoms with Crippen LogP contribution in [-0.2, 0) is 6.42 Å². The van der Waals surface area contributed by atoms with Crippen LogP contribution >= 0.6 is 0 Å². The molecule has 1 aromatic heterocycles. The molecule has 18 heavy (non-hydrogen) atoms. The Bertz CT molecular complexity index is 631. The van der Waals surface area contributed by atoms with Crippen LogP contribution in [0, 0.1) is 6.92 Å². The topological polar surface area (TPSA) is 75.2 Å². The first-order valence-corrected chi connectivity index (χ1v) is 5.72. The van der Waals surface area contributed by atoms with Gasteiger partial charge in [-0.25, -0.2) is 4.79 Å². The molecule has 92 valence electrons.